The Morgan fingerprint density at radius 2 is 1.86 bits per heavy atom. The van der Waals surface area contributed by atoms with Gasteiger partial charge < -0.3 is 15.2 Å². The van der Waals surface area contributed by atoms with Crippen LogP contribution >= 0.6 is 0 Å². The molecular weight excluding hydrogens is 280 g/mol. The van der Waals surface area contributed by atoms with Gasteiger partial charge in [-0.05, 0) is 18.1 Å². The molecule has 1 heterocycles. The third-order valence-corrected chi connectivity index (χ3v) is 3.62. The molecule has 0 bridgehead atoms. The van der Waals surface area contributed by atoms with Crippen LogP contribution in [0.3, 0.4) is 0 Å². The number of carbonyl (C=O) groups is 1. The molecule has 0 radical (unpaired) electrons. The van der Waals surface area contributed by atoms with Gasteiger partial charge in [-0.3, -0.25) is 4.79 Å². The Hall–Kier alpha value is -2.40. The first-order valence-electron chi connectivity index (χ1n) is 7.28. The largest absolute Gasteiger partial charge is 0.619 e. The zero-order chi connectivity index (χ0) is 15.9. The van der Waals surface area contributed by atoms with Crippen molar-refractivity contribution < 1.29 is 14.6 Å². The van der Waals surface area contributed by atoms with Crippen molar-refractivity contribution in [2.45, 2.75) is 19.4 Å². The molecule has 0 spiro atoms. The summed E-state index contributed by atoms with van der Waals surface area (Å²) in [7, 11) is 0. The molecule has 116 valence electrons. The summed E-state index contributed by atoms with van der Waals surface area (Å²) in [5, 5.41) is 20.7. The fraction of sp³-hybridized carbons (Fsp3) is 0.294. The fourth-order valence-electron chi connectivity index (χ4n) is 2.35. The number of pyridine rings is 1. The van der Waals surface area contributed by atoms with Crippen LogP contribution in [0.15, 0.2) is 54.9 Å². The first-order valence-corrected chi connectivity index (χ1v) is 7.28. The van der Waals surface area contributed by atoms with Crippen LogP contribution in [-0.4, -0.2) is 29.1 Å². The Bertz CT molecular complexity index is 599. The highest BCUT2D eigenvalue weighted by Gasteiger charge is 2.24. The molecule has 0 saturated heterocycles. The van der Waals surface area contributed by atoms with Crippen LogP contribution in [-0.2, 0) is 11.3 Å². The average molecular weight is 300 g/mol. The number of hydrogen-bond acceptors (Lipinski definition) is 3. The van der Waals surface area contributed by atoms with E-state index in [-0.39, 0.29) is 12.5 Å². The number of likely N-dealkylation sites (N-methyl/N-ethyl adjacent to an activating group) is 1. The molecule has 22 heavy (non-hydrogen) atoms. The second kappa shape index (κ2) is 7.56. The van der Waals surface area contributed by atoms with Crippen LogP contribution in [0, 0.1) is 5.21 Å². The molecule has 0 aliphatic carbocycles. The molecule has 1 aromatic heterocycles. The molecule has 2 rings (SSSR count). The summed E-state index contributed by atoms with van der Waals surface area (Å²) in [5.74, 6) is -0.677. The molecule has 1 N–H and O–H groups in total. The van der Waals surface area contributed by atoms with Gasteiger partial charge in [0, 0.05) is 25.2 Å². The third-order valence-electron chi connectivity index (χ3n) is 3.62. The van der Waals surface area contributed by atoms with E-state index in [9.17, 15) is 15.1 Å². The molecule has 1 atom stereocenters. The number of aromatic nitrogens is 1. The molecule has 5 nitrogen and oxygen atoms in total. The minimum absolute atomic E-state index is 0.116. The highest BCUT2D eigenvalue weighted by Crippen LogP contribution is 2.19. The minimum atomic E-state index is -0.561. The molecule has 1 amide bonds. The molecule has 0 saturated carbocycles. The number of benzene rings is 1. The maximum absolute atomic E-state index is 12.7. The second-order valence-corrected chi connectivity index (χ2v) is 5.06. The quantitative estimate of drug-likeness (QED) is 0.648. The standard InChI is InChI=1S/C17H20N2O3/c1-2-18(12-14-8-10-19(22)11-9-14)17(21)16(13-20)15-6-4-3-5-7-15/h3-11,16,20H,2,12-13H2,1H3. The Kier molecular flexibility index (Phi) is 5.49. The summed E-state index contributed by atoms with van der Waals surface area (Å²) in [6.45, 7) is 2.62. The van der Waals surface area contributed by atoms with Crippen molar-refractivity contribution in [1.29, 1.82) is 0 Å². The average Bonchev–Trinajstić information content (AvgIpc) is 2.56. The van der Waals surface area contributed by atoms with Crippen LogP contribution in [0.5, 0.6) is 0 Å². The van der Waals surface area contributed by atoms with Gasteiger partial charge in [-0.1, -0.05) is 30.3 Å². The van der Waals surface area contributed by atoms with E-state index >= 15 is 0 Å². The van der Waals surface area contributed by atoms with Gasteiger partial charge in [0.05, 0.1) is 12.5 Å². The Morgan fingerprint density at radius 3 is 2.41 bits per heavy atom. The van der Waals surface area contributed by atoms with Crippen molar-refractivity contribution in [2.24, 2.45) is 0 Å². The van der Waals surface area contributed by atoms with E-state index in [4.69, 9.17) is 0 Å². The highest BCUT2D eigenvalue weighted by atomic mass is 16.5. The van der Waals surface area contributed by atoms with Gasteiger partial charge in [-0.15, -0.1) is 0 Å². The van der Waals surface area contributed by atoms with Crippen LogP contribution < -0.4 is 4.73 Å². The number of amides is 1. The lowest BCUT2D eigenvalue weighted by Crippen LogP contribution is -2.36. The number of carbonyl (C=O) groups excluding carboxylic acids is 1. The number of aliphatic hydroxyl groups is 1. The SMILES string of the molecule is CCN(Cc1cc[n+]([O-])cc1)C(=O)C(CO)c1ccccc1. The summed E-state index contributed by atoms with van der Waals surface area (Å²) in [4.78, 5) is 14.4. The van der Waals surface area contributed by atoms with E-state index in [0.29, 0.717) is 17.8 Å². The van der Waals surface area contributed by atoms with Gasteiger partial charge in [-0.25, -0.2) is 0 Å². The Balaban J connectivity index is 2.15. The van der Waals surface area contributed by atoms with Gasteiger partial charge >= 0.3 is 0 Å². The van der Waals surface area contributed by atoms with Crippen molar-refractivity contribution in [2.75, 3.05) is 13.2 Å². The zero-order valence-electron chi connectivity index (χ0n) is 12.6. The predicted octanol–water partition coefficient (Wildman–Crippen LogP) is 1.44. The molecule has 2 aromatic rings. The summed E-state index contributed by atoms with van der Waals surface area (Å²) in [6, 6.07) is 12.7. The molecule has 0 aliphatic heterocycles. The predicted molar refractivity (Wildman–Crippen MR) is 82.8 cm³/mol. The Labute approximate surface area is 130 Å². The molecule has 0 fully saturated rings. The van der Waals surface area contributed by atoms with E-state index in [0.717, 1.165) is 11.1 Å². The molecule has 0 aliphatic rings. The zero-order valence-corrected chi connectivity index (χ0v) is 12.6. The highest BCUT2D eigenvalue weighted by molar-refractivity contribution is 5.83. The first kappa shape index (κ1) is 16.0. The summed E-state index contributed by atoms with van der Waals surface area (Å²) < 4.78 is 0.710. The van der Waals surface area contributed by atoms with E-state index < -0.39 is 5.92 Å². The minimum Gasteiger partial charge on any atom is -0.619 e. The normalized spacial score (nSPS) is 11.9. The van der Waals surface area contributed by atoms with Crippen molar-refractivity contribution in [3.05, 3.63) is 71.2 Å². The second-order valence-electron chi connectivity index (χ2n) is 5.06. The fourth-order valence-corrected chi connectivity index (χ4v) is 2.35. The smallest absolute Gasteiger partial charge is 0.232 e. The summed E-state index contributed by atoms with van der Waals surface area (Å²) in [5.41, 5.74) is 1.69. The summed E-state index contributed by atoms with van der Waals surface area (Å²) >= 11 is 0. The van der Waals surface area contributed by atoms with E-state index in [1.807, 2.05) is 37.3 Å². The third kappa shape index (κ3) is 3.83. The maximum Gasteiger partial charge on any atom is 0.232 e. The van der Waals surface area contributed by atoms with E-state index in [2.05, 4.69) is 0 Å². The van der Waals surface area contributed by atoms with Crippen molar-refractivity contribution >= 4 is 5.91 Å². The van der Waals surface area contributed by atoms with Gasteiger partial charge in [0.15, 0.2) is 12.4 Å². The van der Waals surface area contributed by atoms with Crippen LogP contribution in [0.1, 0.15) is 24.0 Å². The molecular formula is C17H20N2O3. The van der Waals surface area contributed by atoms with Gasteiger partial charge in [-0.2, -0.15) is 4.73 Å². The number of rotatable bonds is 6. The maximum atomic E-state index is 12.7. The van der Waals surface area contributed by atoms with Crippen LogP contribution in [0.4, 0.5) is 0 Å². The lowest BCUT2D eigenvalue weighted by Gasteiger charge is -2.25. The number of hydrogen-bond donors (Lipinski definition) is 1. The van der Waals surface area contributed by atoms with E-state index in [1.54, 1.807) is 17.0 Å². The number of aliphatic hydroxyl groups excluding tert-OH is 1. The van der Waals surface area contributed by atoms with Gasteiger partial charge in [0.25, 0.3) is 0 Å². The van der Waals surface area contributed by atoms with E-state index in [1.165, 1.54) is 12.4 Å². The molecule has 1 unspecified atom stereocenters. The van der Waals surface area contributed by atoms with Crippen LogP contribution in [0.25, 0.3) is 0 Å². The number of nitrogens with zero attached hydrogens (tertiary/aromatic N) is 2. The molecule has 5 heteroatoms. The Morgan fingerprint density at radius 1 is 1.23 bits per heavy atom. The first-order chi connectivity index (χ1) is 10.7. The van der Waals surface area contributed by atoms with Gasteiger partial charge in [0.1, 0.15) is 0 Å². The monoisotopic (exact) mass is 300 g/mol. The van der Waals surface area contributed by atoms with Crippen molar-refractivity contribution in [3.63, 3.8) is 0 Å². The van der Waals surface area contributed by atoms with Gasteiger partial charge in [0.2, 0.25) is 5.91 Å². The lowest BCUT2D eigenvalue weighted by molar-refractivity contribution is -0.605. The lowest BCUT2D eigenvalue weighted by atomic mass is 9.98. The molecule has 1 aromatic carbocycles. The topological polar surface area (TPSA) is 67.5 Å². The van der Waals surface area contributed by atoms with Crippen molar-refractivity contribution in [1.82, 2.24) is 4.90 Å². The van der Waals surface area contributed by atoms with Crippen molar-refractivity contribution in [3.8, 4) is 0 Å². The van der Waals surface area contributed by atoms with Crippen LogP contribution in [0.2, 0.25) is 0 Å². The summed E-state index contributed by atoms with van der Waals surface area (Å²) in [6.07, 6.45) is 2.82.